The molecule has 4 rings (SSSR count). The summed E-state index contributed by atoms with van der Waals surface area (Å²) in [5.41, 5.74) is 1.22. The summed E-state index contributed by atoms with van der Waals surface area (Å²) in [6.07, 6.45) is 0. The Morgan fingerprint density at radius 1 is 0.933 bits per heavy atom. The van der Waals surface area contributed by atoms with Crippen molar-refractivity contribution in [2.24, 2.45) is 0 Å². The highest BCUT2D eigenvalue weighted by atomic mass is 19.1. The fourth-order valence-corrected chi connectivity index (χ4v) is 3.64. The molecule has 1 aliphatic rings. The molecule has 30 heavy (non-hydrogen) atoms. The van der Waals surface area contributed by atoms with E-state index >= 15 is 0 Å². The molecule has 1 heterocycles. The highest BCUT2D eigenvalue weighted by Crippen LogP contribution is 2.44. The second kappa shape index (κ2) is 7.83. The summed E-state index contributed by atoms with van der Waals surface area (Å²) in [5, 5.41) is 11.0. The monoisotopic (exact) mass is 403 g/mol. The van der Waals surface area contributed by atoms with Crippen molar-refractivity contribution in [1.82, 2.24) is 0 Å². The summed E-state index contributed by atoms with van der Waals surface area (Å²) in [5.74, 6) is -1.93. The Bertz CT molecular complexity index is 1140. The van der Waals surface area contributed by atoms with Gasteiger partial charge in [-0.15, -0.1) is 0 Å². The van der Waals surface area contributed by atoms with E-state index in [-0.39, 0.29) is 11.3 Å². The molecule has 1 atom stereocenters. The maximum absolute atomic E-state index is 13.5. The second-order valence-electron chi connectivity index (χ2n) is 6.75. The Labute approximate surface area is 172 Å². The number of halogens is 1. The normalized spacial score (nSPS) is 17.9. The van der Waals surface area contributed by atoms with Crippen LogP contribution in [0.5, 0.6) is 5.75 Å². The molecule has 1 N–H and O–H groups in total. The molecule has 5 nitrogen and oxygen atoms in total. The van der Waals surface area contributed by atoms with E-state index in [9.17, 15) is 19.1 Å². The van der Waals surface area contributed by atoms with Crippen molar-refractivity contribution in [3.8, 4) is 5.75 Å². The Morgan fingerprint density at radius 3 is 2.23 bits per heavy atom. The minimum atomic E-state index is -0.938. The number of ketones is 1. The largest absolute Gasteiger partial charge is 0.507 e. The predicted octanol–water partition coefficient (Wildman–Crippen LogP) is 4.46. The Morgan fingerprint density at radius 2 is 1.57 bits per heavy atom. The Hall–Kier alpha value is -3.93. The molecule has 0 aliphatic carbocycles. The van der Waals surface area contributed by atoms with Gasteiger partial charge in [0.05, 0.1) is 18.7 Å². The zero-order valence-electron chi connectivity index (χ0n) is 16.1. The molecule has 0 saturated carbocycles. The van der Waals surface area contributed by atoms with Crippen LogP contribution < -0.4 is 9.64 Å². The summed E-state index contributed by atoms with van der Waals surface area (Å²) in [7, 11) is 1.49. The molecule has 0 bridgehead atoms. The van der Waals surface area contributed by atoms with E-state index in [0.717, 1.165) is 0 Å². The fourth-order valence-electron chi connectivity index (χ4n) is 3.64. The average molecular weight is 403 g/mol. The van der Waals surface area contributed by atoms with Crippen LogP contribution in [0.1, 0.15) is 17.2 Å². The third-order valence-electron chi connectivity index (χ3n) is 5.03. The third-order valence-corrected chi connectivity index (χ3v) is 5.03. The predicted molar refractivity (Wildman–Crippen MR) is 111 cm³/mol. The summed E-state index contributed by atoms with van der Waals surface area (Å²) < 4.78 is 18.9. The van der Waals surface area contributed by atoms with Crippen LogP contribution in [0.2, 0.25) is 0 Å². The lowest BCUT2D eigenvalue weighted by Gasteiger charge is -2.26. The number of anilines is 1. The van der Waals surface area contributed by atoms with E-state index < -0.39 is 23.5 Å². The van der Waals surface area contributed by atoms with Crippen LogP contribution in [-0.2, 0) is 9.59 Å². The molecule has 0 radical (unpaired) electrons. The fraction of sp³-hybridized carbons (Fsp3) is 0.0833. The first-order valence-electron chi connectivity index (χ1n) is 9.28. The highest BCUT2D eigenvalue weighted by molar-refractivity contribution is 6.51. The summed E-state index contributed by atoms with van der Waals surface area (Å²) in [6.45, 7) is 0. The standard InChI is InChI=1S/C24H18FNO4/c1-30-19-10-6-5-9-18(19)21-20(22(27)15-7-3-2-4-8-15)23(28)24(29)26(21)17-13-11-16(25)12-14-17/h2-14,21,27H,1H3/t21-/m1/s1. The molecule has 0 spiro atoms. The number of methoxy groups -OCH3 is 1. The van der Waals surface area contributed by atoms with Gasteiger partial charge >= 0.3 is 0 Å². The minimum Gasteiger partial charge on any atom is -0.507 e. The smallest absolute Gasteiger partial charge is 0.300 e. The van der Waals surface area contributed by atoms with Crippen LogP contribution in [0.25, 0.3) is 5.76 Å². The number of benzene rings is 3. The first-order valence-corrected chi connectivity index (χ1v) is 9.28. The summed E-state index contributed by atoms with van der Waals surface area (Å²) in [4.78, 5) is 27.3. The average Bonchev–Trinajstić information content (AvgIpc) is 3.05. The van der Waals surface area contributed by atoms with E-state index in [1.165, 1.54) is 36.3 Å². The maximum atomic E-state index is 13.5. The number of para-hydroxylation sites is 1. The minimum absolute atomic E-state index is 0.0555. The van der Waals surface area contributed by atoms with Crippen molar-refractivity contribution in [1.29, 1.82) is 0 Å². The van der Waals surface area contributed by atoms with Crippen molar-refractivity contribution in [2.75, 3.05) is 12.0 Å². The molecule has 3 aromatic carbocycles. The number of amides is 1. The van der Waals surface area contributed by atoms with Crippen molar-refractivity contribution >= 4 is 23.1 Å². The Kier molecular flexibility index (Phi) is 5.06. The topological polar surface area (TPSA) is 66.8 Å². The quantitative estimate of drug-likeness (QED) is 0.397. The molecule has 0 unspecified atom stereocenters. The Balaban J connectivity index is 1.98. The van der Waals surface area contributed by atoms with Gasteiger partial charge in [-0.1, -0.05) is 48.5 Å². The molecule has 1 amide bonds. The number of rotatable bonds is 4. The van der Waals surface area contributed by atoms with Crippen LogP contribution in [-0.4, -0.2) is 23.9 Å². The van der Waals surface area contributed by atoms with Crippen molar-refractivity contribution < 1.29 is 23.8 Å². The van der Waals surface area contributed by atoms with E-state index in [2.05, 4.69) is 0 Å². The molecule has 3 aromatic rings. The number of nitrogens with zero attached hydrogens (tertiary/aromatic N) is 1. The van der Waals surface area contributed by atoms with Gasteiger partial charge in [-0.25, -0.2) is 4.39 Å². The number of hydrogen-bond donors (Lipinski definition) is 1. The first-order chi connectivity index (χ1) is 14.5. The molecule has 1 aliphatic heterocycles. The van der Waals surface area contributed by atoms with Crippen molar-refractivity contribution in [3.05, 3.63) is 101 Å². The maximum Gasteiger partial charge on any atom is 0.300 e. The van der Waals surface area contributed by atoms with Crippen LogP contribution in [0, 0.1) is 5.82 Å². The first kappa shape index (κ1) is 19.4. The van der Waals surface area contributed by atoms with Gasteiger partial charge in [0.25, 0.3) is 11.7 Å². The number of hydrogen-bond acceptors (Lipinski definition) is 4. The van der Waals surface area contributed by atoms with Gasteiger partial charge in [-0.2, -0.15) is 0 Å². The molecule has 6 heteroatoms. The lowest BCUT2D eigenvalue weighted by atomic mass is 9.94. The molecule has 1 fully saturated rings. The van der Waals surface area contributed by atoms with Gasteiger partial charge in [-0.3, -0.25) is 14.5 Å². The van der Waals surface area contributed by atoms with E-state index in [4.69, 9.17) is 4.74 Å². The van der Waals surface area contributed by atoms with Crippen LogP contribution in [0.4, 0.5) is 10.1 Å². The lowest BCUT2D eigenvalue weighted by Crippen LogP contribution is -2.29. The van der Waals surface area contributed by atoms with Crippen molar-refractivity contribution in [3.63, 3.8) is 0 Å². The van der Waals surface area contributed by atoms with Crippen molar-refractivity contribution in [2.45, 2.75) is 6.04 Å². The van der Waals surface area contributed by atoms with E-state index in [0.29, 0.717) is 22.6 Å². The van der Waals surface area contributed by atoms with Gasteiger partial charge in [-0.05, 0) is 30.3 Å². The zero-order valence-corrected chi connectivity index (χ0v) is 16.1. The highest BCUT2D eigenvalue weighted by Gasteiger charge is 2.47. The number of Topliss-reactive ketones (excluding diaryl/α,β-unsaturated/α-hetero) is 1. The summed E-state index contributed by atoms with van der Waals surface area (Å²) in [6, 6.07) is 19.8. The number of ether oxygens (including phenoxy) is 1. The number of aliphatic hydroxyl groups excluding tert-OH is 1. The number of aliphatic hydroxyl groups is 1. The molecule has 0 aromatic heterocycles. The SMILES string of the molecule is COc1ccccc1[C@@H]1C(=C(O)c2ccccc2)C(=O)C(=O)N1c1ccc(F)cc1. The van der Waals surface area contributed by atoms with Crippen LogP contribution in [0.15, 0.2) is 84.4 Å². The van der Waals surface area contributed by atoms with Gasteiger partial charge in [0.15, 0.2) is 0 Å². The molecule has 1 saturated heterocycles. The van der Waals surface area contributed by atoms with Crippen LogP contribution in [0.3, 0.4) is 0 Å². The van der Waals surface area contributed by atoms with Gasteiger partial charge < -0.3 is 9.84 Å². The van der Waals surface area contributed by atoms with Gasteiger partial charge in [0.2, 0.25) is 0 Å². The lowest BCUT2D eigenvalue weighted by molar-refractivity contribution is -0.132. The number of carbonyl (C=O) groups excluding carboxylic acids is 2. The summed E-state index contributed by atoms with van der Waals surface area (Å²) >= 11 is 0. The second-order valence-corrected chi connectivity index (χ2v) is 6.75. The van der Waals surface area contributed by atoms with E-state index in [1.54, 1.807) is 54.6 Å². The molecule has 150 valence electrons. The zero-order chi connectivity index (χ0) is 21.3. The van der Waals surface area contributed by atoms with E-state index in [1.807, 2.05) is 0 Å². The third kappa shape index (κ3) is 3.22. The van der Waals surface area contributed by atoms with Crippen LogP contribution >= 0.6 is 0 Å². The molecular formula is C24H18FNO4. The number of carbonyl (C=O) groups is 2. The molecular weight excluding hydrogens is 385 g/mol. The van der Waals surface area contributed by atoms with Gasteiger partial charge in [0, 0.05) is 16.8 Å². The van der Waals surface area contributed by atoms with Gasteiger partial charge in [0.1, 0.15) is 17.3 Å².